The number of carbonyl (C=O) groups excluding carboxylic acids is 2. The van der Waals surface area contributed by atoms with Crippen molar-refractivity contribution >= 4 is 34.2 Å². The first-order chi connectivity index (χ1) is 30.3. The van der Waals surface area contributed by atoms with Crippen LogP contribution in [0.5, 0.6) is 5.75 Å². The largest absolute Gasteiger partial charge is 0.508 e. The second-order valence-corrected chi connectivity index (χ2v) is 18.7. The molecular weight excluding hydrogens is 775 g/mol. The van der Waals surface area contributed by atoms with Crippen molar-refractivity contribution in [2.75, 3.05) is 75.2 Å². The molecule has 5 aliphatic rings. The van der Waals surface area contributed by atoms with Crippen molar-refractivity contribution in [3.63, 3.8) is 0 Å². The Kier molecular flexibility index (Phi) is 11.4. The molecule has 0 bridgehead atoms. The van der Waals surface area contributed by atoms with Crippen molar-refractivity contribution < 1.29 is 14.7 Å². The number of rotatable bonds is 9. The number of aromatic hydroxyl groups is 1. The SMILES string of the molecule is Cn1c(=O)n(C2CCC(=O)NC2=O)c2cccc(N3CCN(C[C@@H]4CCCC[C@H]4CN4CCN(c5ccc([C@@H]6c7ccc(O)cc7CC[C@@H]6c6ccccc6)cc5)CC4)CC3)c21. The van der Waals surface area contributed by atoms with Crippen LogP contribution in [0.1, 0.15) is 85.1 Å². The molecule has 11 nitrogen and oxygen atoms in total. The highest BCUT2D eigenvalue weighted by atomic mass is 16.3. The molecule has 0 spiro atoms. The van der Waals surface area contributed by atoms with Gasteiger partial charge >= 0.3 is 5.69 Å². The third-order valence-corrected chi connectivity index (χ3v) is 15.2. The number of nitrogens with zero attached hydrogens (tertiary/aromatic N) is 6. The molecule has 2 N–H and O–H groups in total. The Bertz CT molecular complexity index is 2460. The van der Waals surface area contributed by atoms with Crippen molar-refractivity contribution in [2.24, 2.45) is 18.9 Å². The highest BCUT2D eigenvalue weighted by Gasteiger charge is 2.35. The summed E-state index contributed by atoms with van der Waals surface area (Å²) in [6.07, 6.45) is 7.91. The van der Waals surface area contributed by atoms with Crippen LogP contribution in [-0.2, 0) is 23.1 Å². The highest BCUT2D eigenvalue weighted by Crippen LogP contribution is 2.47. The van der Waals surface area contributed by atoms with E-state index in [1.54, 1.807) is 16.2 Å². The molecule has 1 aromatic heterocycles. The van der Waals surface area contributed by atoms with Crippen molar-refractivity contribution in [1.29, 1.82) is 0 Å². The molecule has 11 heteroatoms. The first kappa shape index (κ1) is 40.7. The number of hydrogen-bond donors (Lipinski definition) is 2. The maximum absolute atomic E-state index is 13.5. The fraction of sp³-hybridized carbons (Fsp3) is 0.471. The van der Waals surface area contributed by atoms with Gasteiger partial charge in [-0.1, -0.05) is 67.4 Å². The van der Waals surface area contributed by atoms with Gasteiger partial charge in [0.05, 0.1) is 16.7 Å². The number of benzene rings is 4. The summed E-state index contributed by atoms with van der Waals surface area (Å²) >= 11 is 0. The van der Waals surface area contributed by atoms with Crippen molar-refractivity contribution in [2.45, 2.75) is 69.2 Å². The molecule has 4 aromatic carbocycles. The van der Waals surface area contributed by atoms with Crippen molar-refractivity contribution in [3.05, 3.63) is 124 Å². The third kappa shape index (κ3) is 7.94. The first-order valence-corrected chi connectivity index (χ1v) is 23.2. The summed E-state index contributed by atoms with van der Waals surface area (Å²) in [5, 5.41) is 12.7. The second kappa shape index (κ2) is 17.4. The lowest BCUT2D eigenvalue weighted by atomic mass is 9.69. The molecule has 324 valence electrons. The molecule has 62 heavy (non-hydrogen) atoms. The average Bonchev–Trinajstić information content (AvgIpc) is 3.56. The molecule has 1 unspecified atom stereocenters. The number of para-hydroxylation sites is 1. The molecule has 4 heterocycles. The molecule has 2 aliphatic carbocycles. The van der Waals surface area contributed by atoms with Gasteiger partial charge in [0.2, 0.25) is 11.8 Å². The van der Waals surface area contributed by atoms with Crippen LogP contribution in [0.3, 0.4) is 0 Å². The Morgan fingerprint density at radius 3 is 2.02 bits per heavy atom. The number of carbonyl (C=O) groups is 2. The highest BCUT2D eigenvalue weighted by molar-refractivity contribution is 6.00. The molecular formula is C51H61N7O4. The lowest BCUT2D eigenvalue weighted by Gasteiger charge is -2.43. The summed E-state index contributed by atoms with van der Waals surface area (Å²) in [7, 11) is 1.79. The van der Waals surface area contributed by atoms with Crippen molar-refractivity contribution in [1.82, 2.24) is 24.3 Å². The van der Waals surface area contributed by atoms with Crippen LogP contribution in [0.2, 0.25) is 0 Å². The van der Waals surface area contributed by atoms with E-state index in [1.807, 2.05) is 24.3 Å². The van der Waals surface area contributed by atoms with Gasteiger partial charge in [-0.15, -0.1) is 0 Å². The number of imide groups is 1. The van der Waals surface area contributed by atoms with E-state index >= 15 is 0 Å². The van der Waals surface area contributed by atoms with Crippen LogP contribution >= 0.6 is 0 Å². The van der Waals surface area contributed by atoms with Gasteiger partial charge in [0, 0.05) is 90.5 Å². The minimum atomic E-state index is -0.681. The van der Waals surface area contributed by atoms with Crippen LogP contribution < -0.4 is 20.8 Å². The van der Waals surface area contributed by atoms with Crippen LogP contribution in [-0.4, -0.2) is 101 Å². The van der Waals surface area contributed by atoms with E-state index in [1.165, 1.54) is 60.2 Å². The first-order valence-electron chi connectivity index (χ1n) is 23.2. The van der Waals surface area contributed by atoms with Gasteiger partial charge in [-0.2, -0.15) is 0 Å². The number of imidazole rings is 1. The van der Waals surface area contributed by atoms with Gasteiger partial charge in [-0.3, -0.25) is 33.8 Å². The number of nitrogens with one attached hydrogen (secondary N) is 1. The Balaban J connectivity index is 0.747. The number of phenols is 1. The summed E-state index contributed by atoms with van der Waals surface area (Å²) in [4.78, 5) is 48.6. The average molecular weight is 836 g/mol. The number of hydrogen-bond acceptors (Lipinski definition) is 8. The zero-order chi connectivity index (χ0) is 42.3. The van der Waals surface area contributed by atoms with Gasteiger partial charge < -0.3 is 14.9 Å². The normalized spacial score (nSPS) is 25.2. The Morgan fingerprint density at radius 2 is 1.34 bits per heavy atom. The van der Waals surface area contributed by atoms with Gasteiger partial charge in [0.1, 0.15) is 11.8 Å². The van der Waals surface area contributed by atoms with E-state index in [4.69, 9.17) is 0 Å². The Hall–Kier alpha value is -5.39. The number of fused-ring (bicyclic) bond motifs is 2. The van der Waals surface area contributed by atoms with Crippen LogP contribution in [0, 0.1) is 11.8 Å². The van der Waals surface area contributed by atoms with Crippen LogP contribution in [0.25, 0.3) is 11.0 Å². The zero-order valence-corrected chi connectivity index (χ0v) is 36.1. The lowest BCUT2D eigenvalue weighted by Crippen LogP contribution is -2.51. The molecule has 3 saturated heterocycles. The topological polar surface area (TPSA) is 106 Å². The molecule has 10 rings (SSSR count). The number of aryl methyl sites for hydroxylation is 2. The lowest BCUT2D eigenvalue weighted by molar-refractivity contribution is -0.135. The third-order valence-electron chi connectivity index (χ3n) is 15.2. The quantitative estimate of drug-likeness (QED) is 0.160. The predicted molar refractivity (Wildman–Crippen MR) is 245 cm³/mol. The van der Waals surface area contributed by atoms with Gasteiger partial charge in [-0.05, 0) is 109 Å². The van der Waals surface area contributed by atoms with Gasteiger partial charge in [0.25, 0.3) is 0 Å². The summed E-state index contributed by atoms with van der Waals surface area (Å²) in [5.74, 6) is 1.78. The molecule has 5 atom stereocenters. The Labute approximate surface area is 364 Å². The number of phenolic OH excluding ortho intramolecular Hbond substituents is 1. The molecule has 2 amide bonds. The van der Waals surface area contributed by atoms with E-state index in [9.17, 15) is 19.5 Å². The summed E-state index contributed by atoms with van der Waals surface area (Å²) in [6.45, 7) is 10.4. The smallest absolute Gasteiger partial charge is 0.329 e. The summed E-state index contributed by atoms with van der Waals surface area (Å²) in [5.41, 5.74) is 9.08. The van der Waals surface area contributed by atoms with Crippen molar-refractivity contribution in [3.8, 4) is 5.75 Å². The maximum atomic E-state index is 13.5. The molecule has 5 aromatic rings. The molecule has 4 fully saturated rings. The monoisotopic (exact) mass is 835 g/mol. The number of piperidine rings is 1. The van der Waals surface area contributed by atoms with Crippen LogP contribution in [0.4, 0.5) is 11.4 Å². The maximum Gasteiger partial charge on any atom is 0.329 e. The molecule has 1 saturated carbocycles. The van der Waals surface area contributed by atoms with E-state index in [-0.39, 0.29) is 23.9 Å². The standard InChI is InChI=1S/C51H61N7O4/c1-53-49-44(12-7-13-45(49)58(51(53)62)46-22-23-47(60)52-50(46)61)57-30-26-55(27-31-57)34-39-11-6-5-10-38(39)33-54-24-28-56(29-25-54)40-17-14-36(15-18-40)48-42(35-8-3-2-4-9-35)20-16-37-32-41(59)19-21-43(37)48/h2-4,7-9,12-15,17-19,21,32,38-39,42,46,48,59H,5-6,10-11,16,20,22-31,33-34H2,1H3,(H,52,60,61)/t38-,39-,42+,46?,48-/m0/s1. The van der Waals surface area contributed by atoms with E-state index in [0.29, 0.717) is 24.0 Å². The molecule has 3 aliphatic heterocycles. The van der Waals surface area contributed by atoms with Gasteiger partial charge in [0.15, 0.2) is 0 Å². The number of amides is 2. The van der Waals surface area contributed by atoms with E-state index < -0.39 is 11.9 Å². The fourth-order valence-corrected chi connectivity index (χ4v) is 11.9. The minimum Gasteiger partial charge on any atom is -0.508 e. The summed E-state index contributed by atoms with van der Waals surface area (Å²) in [6, 6.07) is 31.7. The number of aromatic nitrogens is 2. The minimum absolute atomic E-state index is 0.221. The van der Waals surface area contributed by atoms with E-state index in [0.717, 1.165) is 94.4 Å². The Morgan fingerprint density at radius 1 is 0.661 bits per heavy atom. The predicted octanol–water partition coefficient (Wildman–Crippen LogP) is 6.64. The zero-order valence-electron chi connectivity index (χ0n) is 36.1. The fourth-order valence-electron chi connectivity index (χ4n) is 11.9. The van der Waals surface area contributed by atoms with E-state index in [2.05, 4.69) is 91.6 Å². The van der Waals surface area contributed by atoms with Crippen LogP contribution in [0.15, 0.2) is 95.8 Å². The number of piperazine rings is 2. The second-order valence-electron chi connectivity index (χ2n) is 18.7. The number of anilines is 2. The summed E-state index contributed by atoms with van der Waals surface area (Å²) < 4.78 is 3.26. The van der Waals surface area contributed by atoms with Gasteiger partial charge in [-0.25, -0.2) is 4.79 Å². The molecule has 0 radical (unpaired) electrons.